The minimum atomic E-state index is 0.0495. The number of fused-ring (bicyclic) bond motifs is 1. The summed E-state index contributed by atoms with van der Waals surface area (Å²) in [7, 11) is 0. The minimum absolute atomic E-state index is 0.0495. The lowest BCUT2D eigenvalue weighted by atomic mass is 10.1. The van der Waals surface area contributed by atoms with Gasteiger partial charge in [0.05, 0.1) is 5.25 Å². The molecule has 3 heterocycles. The highest BCUT2D eigenvalue weighted by Crippen LogP contribution is 2.40. The van der Waals surface area contributed by atoms with Gasteiger partial charge < -0.3 is 5.73 Å². The van der Waals surface area contributed by atoms with Crippen LogP contribution in [0.3, 0.4) is 0 Å². The van der Waals surface area contributed by atoms with Gasteiger partial charge in [-0.25, -0.2) is 0 Å². The highest BCUT2D eigenvalue weighted by atomic mass is 32.2. The monoisotopic (exact) mass is 304 g/mol. The number of nitrogens with two attached hydrogens (primary N) is 1. The van der Waals surface area contributed by atoms with Crippen molar-refractivity contribution in [1.29, 1.82) is 0 Å². The molecule has 20 heavy (non-hydrogen) atoms. The summed E-state index contributed by atoms with van der Waals surface area (Å²) in [5.74, 6) is 0. The van der Waals surface area contributed by atoms with Crippen molar-refractivity contribution in [1.82, 2.24) is 14.6 Å². The molecule has 2 N–H and O–H groups in total. The molecule has 6 heteroatoms. The minimum Gasteiger partial charge on any atom is -0.327 e. The Morgan fingerprint density at radius 3 is 2.85 bits per heavy atom. The topological polar surface area (TPSA) is 56.2 Å². The van der Waals surface area contributed by atoms with E-state index >= 15 is 0 Å². The molecule has 0 aliphatic carbocycles. The first-order valence-electron chi connectivity index (χ1n) is 6.43. The summed E-state index contributed by atoms with van der Waals surface area (Å²) >= 11 is 3.43. The van der Waals surface area contributed by atoms with Crippen LogP contribution in [0.4, 0.5) is 0 Å². The number of aromatic nitrogens is 3. The van der Waals surface area contributed by atoms with Gasteiger partial charge in [0.25, 0.3) is 0 Å². The van der Waals surface area contributed by atoms with Crippen LogP contribution in [0.15, 0.2) is 41.0 Å². The molecule has 2 unspecified atom stereocenters. The van der Waals surface area contributed by atoms with E-state index in [2.05, 4.69) is 28.6 Å². The molecule has 0 bridgehead atoms. The van der Waals surface area contributed by atoms with Crippen molar-refractivity contribution < 1.29 is 0 Å². The first-order valence-corrected chi connectivity index (χ1v) is 8.18. The number of thioether (sulfide) groups is 1. The molecule has 0 aliphatic rings. The molecule has 0 aromatic carbocycles. The smallest absolute Gasteiger partial charge is 0.196 e. The van der Waals surface area contributed by atoms with E-state index in [4.69, 9.17) is 5.73 Å². The number of hydrogen-bond donors (Lipinski definition) is 1. The van der Waals surface area contributed by atoms with Gasteiger partial charge in [0, 0.05) is 17.1 Å². The maximum Gasteiger partial charge on any atom is 0.196 e. The van der Waals surface area contributed by atoms with Crippen LogP contribution in [0.1, 0.15) is 22.6 Å². The molecule has 3 aromatic rings. The van der Waals surface area contributed by atoms with Gasteiger partial charge >= 0.3 is 0 Å². The summed E-state index contributed by atoms with van der Waals surface area (Å²) in [5.41, 5.74) is 8.34. The number of thiophene rings is 1. The first-order chi connectivity index (χ1) is 9.66. The van der Waals surface area contributed by atoms with Crippen LogP contribution in [0.5, 0.6) is 0 Å². The van der Waals surface area contributed by atoms with E-state index in [1.807, 2.05) is 35.7 Å². The Hall–Kier alpha value is -1.37. The Morgan fingerprint density at radius 2 is 2.15 bits per heavy atom. The molecule has 4 nitrogen and oxygen atoms in total. The summed E-state index contributed by atoms with van der Waals surface area (Å²) in [5, 5.41) is 11.7. The second-order valence-electron chi connectivity index (χ2n) is 4.78. The first kappa shape index (κ1) is 13.6. The van der Waals surface area contributed by atoms with E-state index in [0.717, 1.165) is 10.8 Å². The van der Waals surface area contributed by atoms with E-state index in [1.165, 1.54) is 10.4 Å². The molecule has 0 amide bonds. The number of aryl methyl sites for hydroxylation is 1. The standard InChI is InChI=1S/C14H16N4S2/c1-9-6-8-19-12(9)13(10(2)15)20-14-17-16-11-5-3-4-7-18(11)14/h3-8,10,13H,15H2,1-2H3. The Morgan fingerprint density at radius 1 is 1.30 bits per heavy atom. The molecular weight excluding hydrogens is 288 g/mol. The number of hydrogen-bond acceptors (Lipinski definition) is 5. The van der Waals surface area contributed by atoms with Crippen molar-refractivity contribution in [3.05, 3.63) is 46.3 Å². The lowest BCUT2D eigenvalue weighted by Crippen LogP contribution is -2.22. The Kier molecular flexibility index (Phi) is 3.78. The summed E-state index contributed by atoms with van der Waals surface area (Å²) in [4.78, 5) is 1.32. The number of nitrogens with zero attached hydrogens (tertiary/aromatic N) is 3. The van der Waals surface area contributed by atoms with E-state index in [1.54, 1.807) is 23.1 Å². The molecule has 3 aromatic heterocycles. The molecule has 104 valence electrons. The molecule has 0 spiro atoms. The van der Waals surface area contributed by atoms with Gasteiger partial charge in [-0.3, -0.25) is 4.40 Å². The van der Waals surface area contributed by atoms with Gasteiger partial charge in [0.2, 0.25) is 0 Å². The van der Waals surface area contributed by atoms with Crippen LogP contribution in [0.2, 0.25) is 0 Å². The third-order valence-corrected chi connectivity index (χ3v) is 5.81. The lowest BCUT2D eigenvalue weighted by Gasteiger charge is -2.19. The quantitative estimate of drug-likeness (QED) is 0.752. The van der Waals surface area contributed by atoms with Crippen molar-refractivity contribution in [2.24, 2.45) is 5.73 Å². The molecule has 3 rings (SSSR count). The van der Waals surface area contributed by atoms with Crippen molar-refractivity contribution in [2.45, 2.75) is 30.3 Å². The van der Waals surface area contributed by atoms with Crippen molar-refractivity contribution in [3.63, 3.8) is 0 Å². The van der Waals surface area contributed by atoms with Crippen LogP contribution in [-0.4, -0.2) is 20.6 Å². The third-order valence-electron chi connectivity index (χ3n) is 3.15. The molecule has 0 saturated heterocycles. The lowest BCUT2D eigenvalue weighted by molar-refractivity contribution is 0.722. The summed E-state index contributed by atoms with van der Waals surface area (Å²) in [6.07, 6.45) is 1.98. The van der Waals surface area contributed by atoms with Crippen LogP contribution < -0.4 is 5.73 Å². The van der Waals surface area contributed by atoms with E-state index in [0.29, 0.717) is 0 Å². The molecular formula is C14H16N4S2. The van der Waals surface area contributed by atoms with Crippen LogP contribution >= 0.6 is 23.1 Å². The number of pyridine rings is 1. The van der Waals surface area contributed by atoms with Gasteiger partial charge in [-0.1, -0.05) is 17.8 Å². The van der Waals surface area contributed by atoms with Crippen LogP contribution in [-0.2, 0) is 0 Å². The maximum atomic E-state index is 6.19. The van der Waals surface area contributed by atoms with E-state index < -0.39 is 0 Å². The SMILES string of the molecule is Cc1ccsc1C(Sc1nnc2ccccn12)C(C)N. The molecule has 0 aliphatic heterocycles. The summed E-state index contributed by atoms with van der Waals surface area (Å²) in [6, 6.07) is 8.09. The summed E-state index contributed by atoms with van der Waals surface area (Å²) in [6.45, 7) is 4.17. The highest BCUT2D eigenvalue weighted by molar-refractivity contribution is 7.99. The second kappa shape index (κ2) is 5.55. The zero-order chi connectivity index (χ0) is 14.1. The zero-order valence-electron chi connectivity index (χ0n) is 11.4. The van der Waals surface area contributed by atoms with Gasteiger partial charge in [0.15, 0.2) is 10.8 Å². The van der Waals surface area contributed by atoms with Crippen LogP contribution in [0.25, 0.3) is 5.65 Å². The molecule has 0 radical (unpaired) electrons. The predicted octanol–water partition coefficient (Wildman–Crippen LogP) is 3.28. The van der Waals surface area contributed by atoms with Gasteiger partial charge in [-0.2, -0.15) is 0 Å². The van der Waals surface area contributed by atoms with Gasteiger partial charge in [0.1, 0.15) is 0 Å². The fourth-order valence-corrected chi connectivity index (χ4v) is 4.51. The summed E-state index contributed by atoms with van der Waals surface area (Å²) < 4.78 is 2.00. The fraction of sp³-hybridized carbons (Fsp3) is 0.286. The van der Waals surface area contributed by atoms with Crippen LogP contribution in [0, 0.1) is 6.92 Å². The molecule has 2 atom stereocenters. The van der Waals surface area contributed by atoms with Crippen molar-refractivity contribution >= 4 is 28.7 Å². The predicted molar refractivity (Wildman–Crippen MR) is 84.3 cm³/mol. The number of rotatable bonds is 4. The Labute approximate surface area is 126 Å². The second-order valence-corrected chi connectivity index (χ2v) is 6.83. The fourth-order valence-electron chi connectivity index (χ4n) is 2.09. The van der Waals surface area contributed by atoms with Crippen molar-refractivity contribution in [3.8, 4) is 0 Å². The highest BCUT2D eigenvalue weighted by Gasteiger charge is 2.23. The maximum absolute atomic E-state index is 6.19. The molecule has 0 saturated carbocycles. The van der Waals surface area contributed by atoms with E-state index in [-0.39, 0.29) is 11.3 Å². The normalized spacial score (nSPS) is 14.6. The largest absolute Gasteiger partial charge is 0.327 e. The van der Waals surface area contributed by atoms with Crippen molar-refractivity contribution in [2.75, 3.05) is 0 Å². The Balaban J connectivity index is 1.97. The average molecular weight is 304 g/mol. The molecule has 0 fully saturated rings. The van der Waals surface area contributed by atoms with E-state index in [9.17, 15) is 0 Å². The van der Waals surface area contributed by atoms with Gasteiger partial charge in [-0.15, -0.1) is 21.5 Å². The average Bonchev–Trinajstić information content (AvgIpc) is 3.02. The third kappa shape index (κ3) is 2.46. The Bertz CT molecular complexity index is 717. The zero-order valence-corrected chi connectivity index (χ0v) is 13.0. The van der Waals surface area contributed by atoms with Gasteiger partial charge in [-0.05, 0) is 43.0 Å².